The predicted molar refractivity (Wildman–Crippen MR) is 127 cm³/mol. The van der Waals surface area contributed by atoms with Crippen LogP contribution in [0.25, 0.3) is 0 Å². The van der Waals surface area contributed by atoms with Crippen molar-refractivity contribution in [2.24, 2.45) is 10.7 Å². The Morgan fingerprint density at radius 3 is 2.61 bits per heavy atom. The third-order valence-corrected chi connectivity index (χ3v) is 5.55. The van der Waals surface area contributed by atoms with Crippen LogP contribution >= 0.6 is 11.6 Å². The van der Waals surface area contributed by atoms with Gasteiger partial charge in [-0.15, -0.1) is 0 Å². The monoisotopic (exact) mass is 434 g/mol. The number of amidine groups is 1. The van der Waals surface area contributed by atoms with Crippen molar-refractivity contribution in [1.29, 1.82) is 0 Å². The number of hydrogen-bond acceptors (Lipinski definition) is 5. The average Bonchev–Trinajstić information content (AvgIpc) is 2.77. The van der Waals surface area contributed by atoms with Crippen molar-refractivity contribution < 1.29 is 4.74 Å². The summed E-state index contributed by atoms with van der Waals surface area (Å²) in [4.78, 5) is 4.53. The molecule has 5 nitrogen and oxygen atoms in total. The summed E-state index contributed by atoms with van der Waals surface area (Å²) < 4.78 is 5.85. The van der Waals surface area contributed by atoms with E-state index in [0.717, 1.165) is 47.2 Å². The minimum Gasteiger partial charge on any atom is -0.481 e. The average molecular weight is 435 g/mol. The zero-order chi connectivity index (χ0) is 21.6. The minimum atomic E-state index is -0.204. The van der Waals surface area contributed by atoms with Crippen molar-refractivity contribution >= 4 is 23.1 Å². The molecule has 0 bridgehead atoms. The largest absolute Gasteiger partial charge is 0.481 e. The standard InChI is InChI=1S/C25H27ClN4O/c1-17-25(27)30-22-13-20(10-11-24(22)31-17)23(29-15-18-6-3-2-4-7-18)16-28-14-19-8-5-9-21(26)12-19/h2-13,17,23,28-29H,14-16H2,1H3,(H2,27,30). The molecular weight excluding hydrogens is 408 g/mol. The molecule has 31 heavy (non-hydrogen) atoms. The number of nitrogens with zero attached hydrogens (tertiary/aromatic N) is 1. The molecule has 2 unspecified atom stereocenters. The first-order valence-corrected chi connectivity index (χ1v) is 10.8. The van der Waals surface area contributed by atoms with Crippen LogP contribution in [0.4, 0.5) is 5.69 Å². The molecule has 2 atom stereocenters. The molecule has 1 heterocycles. The van der Waals surface area contributed by atoms with Gasteiger partial charge in [0.1, 0.15) is 17.3 Å². The van der Waals surface area contributed by atoms with Crippen LogP contribution in [0.5, 0.6) is 5.75 Å². The minimum absolute atomic E-state index is 0.0838. The van der Waals surface area contributed by atoms with Gasteiger partial charge in [0.15, 0.2) is 6.10 Å². The summed E-state index contributed by atoms with van der Waals surface area (Å²) in [5.41, 5.74) is 10.3. The second kappa shape index (κ2) is 9.96. The van der Waals surface area contributed by atoms with E-state index in [1.807, 2.05) is 37.3 Å². The van der Waals surface area contributed by atoms with Crippen molar-refractivity contribution in [3.8, 4) is 5.75 Å². The Balaban J connectivity index is 1.50. The summed E-state index contributed by atoms with van der Waals surface area (Å²) in [5.74, 6) is 1.26. The van der Waals surface area contributed by atoms with Crippen molar-refractivity contribution in [2.45, 2.75) is 32.2 Å². The number of nitrogens with two attached hydrogens (primary N) is 1. The van der Waals surface area contributed by atoms with Crippen molar-refractivity contribution in [3.05, 3.63) is 94.5 Å². The molecule has 0 aliphatic carbocycles. The van der Waals surface area contributed by atoms with E-state index >= 15 is 0 Å². The van der Waals surface area contributed by atoms with Gasteiger partial charge in [0.05, 0.1) is 0 Å². The Bertz CT molecular complexity index is 1050. The number of fused-ring (bicyclic) bond motifs is 1. The maximum absolute atomic E-state index is 6.11. The highest BCUT2D eigenvalue weighted by atomic mass is 35.5. The Morgan fingerprint density at radius 1 is 1.00 bits per heavy atom. The number of benzene rings is 3. The number of nitrogens with one attached hydrogen (secondary N) is 2. The molecule has 4 rings (SSSR count). The van der Waals surface area contributed by atoms with E-state index in [4.69, 9.17) is 22.1 Å². The smallest absolute Gasteiger partial charge is 0.153 e. The van der Waals surface area contributed by atoms with Crippen LogP contribution in [0.1, 0.15) is 29.7 Å². The summed E-state index contributed by atoms with van der Waals surface area (Å²) in [5, 5.41) is 7.96. The number of rotatable bonds is 8. The lowest BCUT2D eigenvalue weighted by Crippen LogP contribution is -2.33. The van der Waals surface area contributed by atoms with Gasteiger partial charge in [-0.05, 0) is 47.9 Å². The molecular formula is C25H27ClN4O. The van der Waals surface area contributed by atoms with Gasteiger partial charge in [0.2, 0.25) is 0 Å². The normalized spacial score (nSPS) is 16.2. The SMILES string of the molecule is CC1Oc2ccc(C(CNCc3cccc(Cl)c3)NCc3ccccc3)cc2N=C1N. The Labute approximate surface area is 188 Å². The number of hydrogen-bond donors (Lipinski definition) is 3. The quantitative estimate of drug-likeness (QED) is 0.479. The highest BCUT2D eigenvalue weighted by Gasteiger charge is 2.20. The lowest BCUT2D eigenvalue weighted by Gasteiger charge is -2.24. The van der Waals surface area contributed by atoms with E-state index in [0.29, 0.717) is 5.84 Å². The van der Waals surface area contributed by atoms with Crippen LogP contribution in [0, 0.1) is 0 Å². The van der Waals surface area contributed by atoms with Crippen LogP contribution in [0.2, 0.25) is 5.02 Å². The predicted octanol–water partition coefficient (Wildman–Crippen LogP) is 4.73. The van der Waals surface area contributed by atoms with Gasteiger partial charge < -0.3 is 21.1 Å². The van der Waals surface area contributed by atoms with Crippen LogP contribution in [0.15, 0.2) is 77.8 Å². The highest BCUT2D eigenvalue weighted by molar-refractivity contribution is 6.30. The van der Waals surface area contributed by atoms with Gasteiger partial charge in [-0.2, -0.15) is 0 Å². The maximum atomic E-state index is 6.11. The number of ether oxygens (including phenoxy) is 1. The summed E-state index contributed by atoms with van der Waals surface area (Å²) >= 11 is 6.11. The molecule has 0 radical (unpaired) electrons. The van der Waals surface area contributed by atoms with Crippen LogP contribution in [0.3, 0.4) is 0 Å². The van der Waals surface area contributed by atoms with E-state index in [-0.39, 0.29) is 12.1 Å². The van der Waals surface area contributed by atoms with E-state index in [2.05, 4.69) is 58.1 Å². The molecule has 1 aliphatic heterocycles. The number of aliphatic imine (C=N–C) groups is 1. The molecule has 0 fully saturated rings. The van der Waals surface area contributed by atoms with Gasteiger partial charge in [0.25, 0.3) is 0 Å². The Kier molecular flexibility index (Phi) is 6.87. The van der Waals surface area contributed by atoms with Gasteiger partial charge in [-0.3, -0.25) is 0 Å². The second-order valence-electron chi connectivity index (χ2n) is 7.70. The van der Waals surface area contributed by atoms with E-state index < -0.39 is 0 Å². The van der Waals surface area contributed by atoms with Crippen LogP contribution in [-0.2, 0) is 13.1 Å². The molecule has 3 aromatic rings. The first-order valence-electron chi connectivity index (χ1n) is 10.5. The zero-order valence-corrected chi connectivity index (χ0v) is 18.3. The van der Waals surface area contributed by atoms with E-state index in [9.17, 15) is 0 Å². The van der Waals surface area contributed by atoms with Gasteiger partial charge in [-0.1, -0.05) is 60.1 Å². The first-order chi connectivity index (χ1) is 15.1. The zero-order valence-electron chi connectivity index (χ0n) is 17.5. The molecule has 0 aromatic heterocycles. The third kappa shape index (κ3) is 5.64. The lowest BCUT2D eigenvalue weighted by molar-refractivity contribution is 0.281. The fourth-order valence-electron chi connectivity index (χ4n) is 3.57. The first kappa shape index (κ1) is 21.4. The molecule has 0 saturated heterocycles. The lowest BCUT2D eigenvalue weighted by atomic mass is 10.0. The summed E-state index contributed by atoms with van der Waals surface area (Å²) in [7, 11) is 0. The molecule has 0 amide bonds. The Morgan fingerprint density at radius 2 is 1.81 bits per heavy atom. The van der Waals surface area contributed by atoms with E-state index in [1.54, 1.807) is 0 Å². The summed E-state index contributed by atoms with van der Waals surface area (Å²) in [6.45, 7) is 4.15. The highest BCUT2D eigenvalue weighted by Crippen LogP contribution is 2.34. The van der Waals surface area contributed by atoms with Crippen LogP contribution < -0.4 is 21.1 Å². The second-order valence-corrected chi connectivity index (χ2v) is 8.14. The van der Waals surface area contributed by atoms with Crippen molar-refractivity contribution in [3.63, 3.8) is 0 Å². The fraction of sp³-hybridized carbons (Fsp3) is 0.240. The molecule has 3 aromatic carbocycles. The molecule has 160 valence electrons. The molecule has 4 N–H and O–H groups in total. The van der Waals surface area contributed by atoms with Gasteiger partial charge in [0, 0.05) is 30.7 Å². The maximum Gasteiger partial charge on any atom is 0.153 e. The van der Waals surface area contributed by atoms with Crippen molar-refractivity contribution in [2.75, 3.05) is 6.54 Å². The molecule has 1 aliphatic rings. The number of halogens is 1. The fourth-order valence-corrected chi connectivity index (χ4v) is 3.78. The Hall–Kier alpha value is -2.86. The summed E-state index contributed by atoms with van der Waals surface area (Å²) in [6, 6.07) is 24.5. The van der Waals surface area contributed by atoms with Gasteiger partial charge in [-0.25, -0.2) is 4.99 Å². The molecule has 0 spiro atoms. The van der Waals surface area contributed by atoms with E-state index in [1.165, 1.54) is 5.56 Å². The third-order valence-electron chi connectivity index (χ3n) is 5.32. The van der Waals surface area contributed by atoms with Gasteiger partial charge >= 0.3 is 0 Å². The molecule has 0 saturated carbocycles. The topological polar surface area (TPSA) is 71.7 Å². The van der Waals surface area contributed by atoms with Crippen molar-refractivity contribution in [1.82, 2.24) is 10.6 Å². The molecule has 6 heteroatoms. The van der Waals surface area contributed by atoms with Crippen LogP contribution in [-0.4, -0.2) is 18.5 Å². The summed E-state index contributed by atoms with van der Waals surface area (Å²) in [6.07, 6.45) is -0.204.